The Kier molecular flexibility index (Phi) is 3.02. The predicted molar refractivity (Wildman–Crippen MR) is 73.1 cm³/mol. The smallest absolute Gasteiger partial charge is 0.269 e. The molecule has 2 aliphatic carbocycles. The van der Waals surface area contributed by atoms with Crippen LogP contribution in [0.25, 0.3) is 0 Å². The molecule has 20 heavy (non-hydrogen) atoms. The molecule has 2 heterocycles. The van der Waals surface area contributed by atoms with E-state index in [-0.39, 0.29) is 5.91 Å². The van der Waals surface area contributed by atoms with Crippen LogP contribution in [-0.2, 0) is 4.74 Å². The van der Waals surface area contributed by atoms with Gasteiger partial charge in [0.15, 0.2) is 0 Å². The quantitative estimate of drug-likeness (QED) is 0.883. The van der Waals surface area contributed by atoms with Gasteiger partial charge in [0.05, 0.1) is 18.6 Å². The van der Waals surface area contributed by atoms with Crippen molar-refractivity contribution in [1.82, 2.24) is 15.3 Å². The summed E-state index contributed by atoms with van der Waals surface area (Å²) in [6, 6.07) is 0.293. The Morgan fingerprint density at radius 1 is 1.35 bits per heavy atom. The van der Waals surface area contributed by atoms with Gasteiger partial charge in [0, 0.05) is 24.5 Å². The fourth-order valence-corrected chi connectivity index (χ4v) is 4.47. The summed E-state index contributed by atoms with van der Waals surface area (Å²) in [6.07, 6.45) is 9.88. The number of fused-ring (bicyclic) bond motifs is 1. The van der Waals surface area contributed by atoms with Gasteiger partial charge in [-0.05, 0) is 12.3 Å². The number of hydrogen-bond acceptors (Lipinski definition) is 3. The van der Waals surface area contributed by atoms with Crippen molar-refractivity contribution in [3.05, 3.63) is 18.2 Å². The molecule has 4 rings (SSSR count). The second-order valence-corrected chi connectivity index (χ2v) is 6.37. The van der Waals surface area contributed by atoms with Crippen molar-refractivity contribution in [3.63, 3.8) is 0 Å². The van der Waals surface area contributed by atoms with E-state index in [9.17, 15) is 4.79 Å². The number of H-pyrrole nitrogens is 1. The van der Waals surface area contributed by atoms with Gasteiger partial charge in [0.25, 0.3) is 5.91 Å². The van der Waals surface area contributed by atoms with E-state index in [1.165, 1.54) is 25.7 Å². The molecule has 1 aromatic rings. The molecular formula is C15H21N3O2. The van der Waals surface area contributed by atoms with Gasteiger partial charge in [-0.2, -0.15) is 0 Å². The van der Waals surface area contributed by atoms with Gasteiger partial charge in [-0.25, -0.2) is 4.98 Å². The van der Waals surface area contributed by atoms with Crippen LogP contribution in [0.2, 0.25) is 0 Å². The summed E-state index contributed by atoms with van der Waals surface area (Å²) in [4.78, 5) is 19.0. The SMILES string of the molecule is O=C(N[C@@H]1[C@@H]2CCO[C@@H]2[C@@H]1C1CCCC1)c1cnc[nH]1. The lowest BCUT2D eigenvalue weighted by molar-refractivity contribution is -0.0784. The number of nitrogens with zero attached hydrogens (tertiary/aromatic N) is 1. The molecule has 2 N–H and O–H groups in total. The lowest BCUT2D eigenvalue weighted by Gasteiger charge is -2.50. The molecule has 1 amide bonds. The van der Waals surface area contributed by atoms with Crippen LogP contribution in [0.1, 0.15) is 42.6 Å². The maximum atomic E-state index is 12.2. The van der Waals surface area contributed by atoms with Crippen molar-refractivity contribution in [2.75, 3.05) is 6.61 Å². The average molecular weight is 275 g/mol. The van der Waals surface area contributed by atoms with E-state index < -0.39 is 0 Å². The fraction of sp³-hybridized carbons (Fsp3) is 0.733. The molecule has 0 aromatic carbocycles. The van der Waals surface area contributed by atoms with Crippen LogP contribution in [0.4, 0.5) is 0 Å². The van der Waals surface area contributed by atoms with E-state index in [2.05, 4.69) is 15.3 Å². The molecule has 1 aromatic heterocycles. The Bertz CT molecular complexity index is 477. The maximum Gasteiger partial charge on any atom is 0.269 e. The monoisotopic (exact) mass is 275 g/mol. The Morgan fingerprint density at radius 2 is 2.20 bits per heavy atom. The Balaban J connectivity index is 1.48. The molecule has 2 saturated carbocycles. The number of amides is 1. The van der Waals surface area contributed by atoms with Gasteiger partial charge in [0.2, 0.25) is 0 Å². The third kappa shape index (κ3) is 1.87. The molecule has 1 aliphatic heterocycles. The zero-order valence-corrected chi connectivity index (χ0v) is 11.5. The molecule has 0 bridgehead atoms. The number of ether oxygens (including phenoxy) is 1. The fourth-order valence-electron chi connectivity index (χ4n) is 4.47. The third-order valence-electron chi connectivity index (χ3n) is 5.42. The van der Waals surface area contributed by atoms with Crippen LogP contribution in [0, 0.1) is 17.8 Å². The van der Waals surface area contributed by atoms with E-state index in [1.807, 2.05) is 0 Å². The standard InChI is InChI=1S/C15H21N3O2/c19-15(11-7-16-8-17-11)18-13-10-5-6-20-14(10)12(13)9-3-1-2-4-9/h7-10,12-14H,1-6H2,(H,16,17)(H,18,19)/t10-,12+,13+,14-/m0/s1. The molecule has 0 unspecified atom stereocenters. The van der Waals surface area contributed by atoms with Crippen LogP contribution in [-0.4, -0.2) is 34.6 Å². The highest BCUT2D eigenvalue weighted by Gasteiger charge is 2.57. The Labute approximate surface area is 118 Å². The van der Waals surface area contributed by atoms with Crippen molar-refractivity contribution < 1.29 is 9.53 Å². The van der Waals surface area contributed by atoms with Crippen LogP contribution in [0.3, 0.4) is 0 Å². The highest BCUT2D eigenvalue weighted by molar-refractivity contribution is 5.92. The topological polar surface area (TPSA) is 67.0 Å². The summed E-state index contributed by atoms with van der Waals surface area (Å²) >= 11 is 0. The van der Waals surface area contributed by atoms with Crippen molar-refractivity contribution >= 4 is 5.91 Å². The van der Waals surface area contributed by atoms with Gasteiger partial charge in [0.1, 0.15) is 5.69 Å². The second kappa shape index (κ2) is 4.88. The summed E-state index contributed by atoms with van der Waals surface area (Å²) in [5, 5.41) is 3.23. The van der Waals surface area contributed by atoms with Gasteiger partial charge >= 0.3 is 0 Å². The summed E-state index contributed by atoms with van der Waals surface area (Å²) in [6.45, 7) is 0.856. The minimum atomic E-state index is -0.0270. The molecule has 5 heteroatoms. The van der Waals surface area contributed by atoms with Gasteiger partial charge < -0.3 is 15.0 Å². The van der Waals surface area contributed by atoms with E-state index in [0.29, 0.717) is 29.7 Å². The number of carbonyl (C=O) groups excluding carboxylic acids is 1. The first-order valence-electron chi connectivity index (χ1n) is 7.75. The molecule has 1 saturated heterocycles. The molecule has 3 fully saturated rings. The van der Waals surface area contributed by atoms with E-state index in [1.54, 1.807) is 12.5 Å². The van der Waals surface area contributed by atoms with Gasteiger partial charge in [-0.15, -0.1) is 0 Å². The lowest BCUT2D eigenvalue weighted by atomic mass is 9.61. The molecule has 5 nitrogen and oxygen atoms in total. The first-order chi connectivity index (χ1) is 9.84. The number of carbonyl (C=O) groups is 1. The molecular weight excluding hydrogens is 254 g/mol. The third-order valence-corrected chi connectivity index (χ3v) is 5.42. The first kappa shape index (κ1) is 12.4. The number of aromatic amines is 1. The van der Waals surface area contributed by atoms with Crippen molar-refractivity contribution in [2.45, 2.75) is 44.2 Å². The summed E-state index contributed by atoms with van der Waals surface area (Å²) in [7, 11) is 0. The largest absolute Gasteiger partial charge is 0.377 e. The average Bonchev–Trinajstić information content (AvgIpc) is 3.18. The van der Waals surface area contributed by atoms with Crippen molar-refractivity contribution in [3.8, 4) is 0 Å². The summed E-state index contributed by atoms with van der Waals surface area (Å²) in [5.41, 5.74) is 0.553. The van der Waals surface area contributed by atoms with Crippen molar-refractivity contribution in [1.29, 1.82) is 0 Å². The molecule has 4 atom stereocenters. The normalized spacial score (nSPS) is 36.6. The second-order valence-electron chi connectivity index (χ2n) is 6.37. The minimum Gasteiger partial charge on any atom is -0.377 e. The lowest BCUT2D eigenvalue weighted by Crippen LogP contribution is -2.63. The highest BCUT2D eigenvalue weighted by Crippen LogP contribution is 2.51. The molecule has 3 aliphatic rings. The molecule has 0 spiro atoms. The number of rotatable bonds is 3. The molecule has 0 radical (unpaired) electrons. The van der Waals surface area contributed by atoms with E-state index >= 15 is 0 Å². The Hall–Kier alpha value is -1.36. The summed E-state index contributed by atoms with van der Waals surface area (Å²) < 4.78 is 5.91. The number of aromatic nitrogens is 2. The van der Waals surface area contributed by atoms with E-state index in [4.69, 9.17) is 4.74 Å². The summed E-state index contributed by atoms with van der Waals surface area (Å²) in [5.74, 6) is 1.76. The number of hydrogen-bond donors (Lipinski definition) is 2. The van der Waals surface area contributed by atoms with Crippen molar-refractivity contribution in [2.24, 2.45) is 17.8 Å². The zero-order chi connectivity index (χ0) is 13.5. The molecule has 108 valence electrons. The number of imidazole rings is 1. The van der Waals surface area contributed by atoms with Gasteiger partial charge in [-0.3, -0.25) is 4.79 Å². The highest BCUT2D eigenvalue weighted by atomic mass is 16.5. The Morgan fingerprint density at radius 3 is 2.95 bits per heavy atom. The van der Waals surface area contributed by atoms with Gasteiger partial charge in [-0.1, -0.05) is 25.7 Å². The minimum absolute atomic E-state index is 0.0270. The van der Waals surface area contributed by atoms with Crippen LogP contribution >= 0.6 is 0 Å². The zero-order valence-electron chi connectivity index (χ0n) is 11.5. The van der Waals surface area contributed by atoms with Crippen LogP contribution in [0.5, 0.6) is 0 Å². The van der Waals surface area contributed by atoms with Crippen LogP contribution in [0.15, 0.2) is 12.5 Å². The maximum absolute atomic E-state index is 12.2. The van der Waals surface area contributed by atoms with Crippen LogP contribution < -0.4 is 5.32 Å². The van der Waals surface area contributed by atoms with E-state index in [0.717, 1.165) is 18.9 Å². The first-order valence-corrected chi connectivity index (χ1v) is 7.75. The number of nitrogens with one attached hydrogen (secondary N) is 2. The predicted octanol–water partition coefficient (Wildman–Crippen LogP) is 1.73.